The molecule has 8 atom stereocenters. The van der Waals surface area contributed by atoms with Crippen LogP contribution in [0.2, 0.25) is 5.32 Å². The van der Waals surface area contributed by atoms with E-state index in [4.69, 9.17) is 28.4 Å². The van der Waals surface area contributed by atoms with Crippen LogP contribution in [0.15, 0.2) is 97.6 Å². The zero-order valence-electron chi connectivity index (χ0n) is 39.4. The molecule has 0 aromatic heterocycles. The van der Waals surface area contributed by atoms with E-state index in [0.29, 0.717) is 37.2 Å². The van der Waals surface area contributed by atoms with Gasteiger partial charge in [-0.3, -0.25) is 0 Å². The van der Waals surface area contributed by atoms with E-state index in [0.717, 1.165) is 29.0 Å². The first kappa shape index (κ1) is 53.0. The number of carbonyl (C=O) groups is 4. The zero-order valence-corrected chi connectivity index (χ0v) is 41.1. The van der Waals surface area contributed by atoms with Crippen molar-refractivity contribution in [3.8, 4) is 11.5 Å². The molecule has 2 saturated heterocycles. The van der Waals surface area contributed by atoms with Gasteiger partial charge in [0.05, 0.1) is 0 Å². The molecule has 360 valence electrons. The van der Waals surface area contributed by atoms with E-state index in [1.54, 1.807) is 54.5 Å². The number of carbonyl (C=O) groups excluding carboxylic acids is 4. The van der Waals surface area contributed by atoms with Crippen LogP contribution in [0.5, 0.6) is 11.5 Å². The Morgan fingerprint density at radius 2 is 1.18 bits per heavy atom. The van der Waals surface area contributed by atoms with Gasteiger partial charge in [-0.15, -0.1) is 6.58 Å². The number of benzene rings is 3. The Kier molecular flexibility index (Phi) is 20.4. The number of cyclic esters (lactones) is 2. The minimum absolute atomic E-state index is 0.0169. The van der Waals surface area contributed by atoms with Gasteiger partial charge < -0.3 is 19.5 Å². The molecule has 0 aliphatic carbocycles. The third kappa shape index (κ3) is 18.0. The van der Waals surface area contributed by atoms with E-state index in [1.165, 1.54) is 6.07 Å². The molecule has 2 amide bonds. The van der Waals surface area contributed by atoms with Gasteiger partial charge >= 0.3 is 242 Å². The number of amides is 2. The number of hydrogen-bond acceptors (Lipinski definition) is 12. The summed E-state index contributed by atoms with van der Waals surface area (Å²) in [5.41, 5.74) is -1.17. The molecule has 0 bridgehead atoms. The normalized spacial score (nSPS) is 23.9. The van der Waals surface area contributed by atoms with Crippen molar-refractivity contribution < 1.29 is 52.5 Å². The number of nitrogens with one attached hydrogen (secondary N) is 2. The van der Waals surface area contributed by atoms with E-state index in [9.17, 15) is 29.3 Å². The predicted molar refractivity (Wildman–Crippen MR) is 252 cm³/mol. The number of rotatable bonds is 12. The summed E-state index contributed by atoms with van der Waals surface area (Å²) in [6.45, 7) is 18.1. The van der Waals surface area contributed by atoms with Crippen LogP contribution in [0.3, 0.4) is 0 Å². The minimum atomic E-state index is -0.820. The summed E-state index contributed by atoms with van der Waals surface area (Å²) < 4.78 is 35.3. The van der Waals surface area contributed by atoms with Crippen molar-refractivity contribution >= 4 is 49.2 Å². The van der Waals surface area contributed by atoms with Crippen LogP contribution in [-0.2, 0) is 28.5 Å². The molecule has 15 nitrogen and oxygen atoms in total. The number of nitrogens with zero attached hydrogens (tertiary/aromatic N) is 1. The van der Waals surface area contributed by atoms with Crippen molar-refractivity contribution in [1.29, 1.82) is 0 Å². The standard InChI is InChI=1S/C28H36N2O7Se.C22H31NO5/c1-19-25(36-21-12-6-5-7-13-21)20(17-18-38-24-16-9-8-15-23(24)30(33)34)11-10-14-22(26(31)35-19)29-27(32)37-28(2,3)4;1-6-16-11-10-14-18(23-21(25)28-22(3,4)5)20(24)26-15(2)19(16)27-17-12-8-7-9-13-17/h5-9,12-13,15-16,19-20,22,25H,10-11,14,17-18H2,1-4H3,(H,29,32);6-9,12-13,15-16,18-19H,1,10-11,14H2,2-5H3,(H,23,25)/t19-,20+,22-,25-;15-,16-,18-,19-/m00/s1. The molecule has 16 heteroatoms. The monoisotopic (exact) mass is 981 g/mol. The molecule has 2 aliphatic rings. The average Bonchev–Trinajstić information content (AvgIpc) is 3.32. The molecular formula is C50H67N3O12Se. The molecule has 66 heavy (non-hydrogen) atoms. The van der Waals surface area contributed by atoms with Gasteiger partial charge in [0.2, 0.25) is 0 Å². The van der Waals surface area contributed by atoms with E-state index in [1.807, 2.05) is 85.8 Å². The summed E-state index contributed by atoms with van der Waals surface area (Å²) in [5, 5.41) is 17.5. The zero-order chi connectivity index (χ0) is 48.4. The van der Waals surface area contributed by atoms with Crippen molar-refractivity contribution in [2.45, 2.75) is 153 Å². The number of esters is 2. The van der Waals surface area contributed by atoms with Crippen LogP contribution < -0.4 is 24.6 Å². The average molecular weight is 981 g/mol. The Hall–Kier alpha value is -5.60. The third-order valence-corrected chi connectivity index (χ3v) is 12.9. The van der Waals surface area contributed by atoms with Gasteiger partial charge in [-0.2, -0.15) is 0 Å². The molecule has 2 aliphatic heterocycles. The Bertz CT molecular complexity index is 2040. The number of para-hydroxylation sites is 3. The molecule has 0 unspecified atom stereocenters. The molecule has 3 aromatic rings. The van der Waals surface area contributed by atoms with Crippen molar-refractivity contribution in [2.75, 3.05) is 0 Å². The Morgan fingerprint density at radius 1 is 0.727 bits per heavy atom. The van der Waals surface area contributed by atoms with Crippen LogP contribution in [0.25, 0.3) is 0 Å². The first-order valence-electron chi connectivity index (χ1n) is 22.5. The quantitative estimate of drug-likeness (QED) is 0.0438. The summed E-state index contributed by atoms with van der Waals surface area (Å²) >= 11 is -0.0971. The summed E-state index contributed by atoms with van der Waals surface area (Å²) in [6.07, 6.45) is 3.25. The van der Waals surface area contributed by atoms with Crippen molar-refractivity contribution in [1.82, 2.24) is 10.6 Å². The second-order valence-electron chi connectivity index (χ2n) is 18.4. The molecule has 0 saturated carbocycles. The molecule has 2 heterocycles. The summed E-state index contributed by atoms with van der Waals surface area (Å²) in [5.74, 6) is 0.452. The maximum atomic E-state index is 13.0. The van der Waals surface area contributed by atoms with Crippen molar-refractivity contribution in [3.63, 3.8) is 0 Å². The van der Waals surface area contributed by atoms with Crippen LogP contribution in [0.4, 0.5) is 15.3 Å². The van der Waals surface area contributed by atoms with Gasteiger partial charge in [0.15, 0.2) is 0 Å². The van der Waals surface area contributed by atoms with Gasteiger partial charge in [0.25, 0.3) is 0 Å². The summed E-state index contributed by atoms with van der Waals surface area (Å²) in [4.78, 5) is 61.2. The molecule has 5 rings (SSSR count). The van der Waals surface area contributed by atoms with E-state index < -0.39 is 65.7 Å². The third-order valence-electron chi connectivity index (χ3n) is 10.6. The Balaban J connectivity index is 0.000000302. The second kappa shape index (κ2) is 25.3. The molecule has 2 fully saturated rings. The van der Waals surface area contributed by atoms with Crippen LogP contribution in [0.1, 0.15) is 100 Å². The fourth-order valence-corrected chi connectivity index (χ4v) is 9.88. The molecule has 3 aromatic carbocycles. The fraction of sp³-hybridized carbons (Fsp3) is 0.520. The fourth-order valence-electron chi connectivity index (χ4n) is 7.56. The molecule has 0 spiro atoms. The van der Waals surface area contributed by atoms with Gasteiger partial charge in [-0.25, -0.2) is 9.59 Å². The number of ether oxygens (including phenoxy) is 6. The second-order valence-corrected chi connectivity index (χ2v) is 20.7. The Labute approximate surface area is 395 Å². The van der Waals surface area contributed by atoms with Gasteiger partial charge in [0.1, 0.15) is 29.6 Å². The van der Waals surface area contributed by atoms with E-state index in [-0.39, 0.29) is 43.5 Å². The van der Waals surface area contributed by atoms with Crippen molar-refractivity contribution in [3.05, 3.63) is 108 Å². The van der Waals surface area contributed by atoms with Gasteiger partial charge in [-0.1, -0.05) is 30.7 Å². The first-order chi connectivity index (χ1) is 31.2. The predicted octanol–water partition coefficient (Wildman–Crippen LogP) is 9.05. The summed E-state index contributed by atoms with van der Waals surface area (Å²) in [6, 6.07) is 24.1. The Morgan fingerprint density at radius 3 is 1.67 bits per heavy atom. The van der Waals surface area contributed by atoms with E-state index >= 15 is 0 Å². The van der Waals surface area contributed by atoms with Crippen molar-refractivity contribution in [2.24, 2.45) is 11.8 Å². The number of nitro groups is 1. The topological polar surface area (TPSA) is 191 Å². The van der Waals surface area contributed by atoms with Crippen LogP contribution in [0, 0.1) is 22.0 Å². The number of nitro benzene ring substituents is 1. The van der Waals surface area contributed by atoms with Crippen LogP contribution >= 0.6 is 0 Å². The SMILES string of the molecule is C=C[C@H]1CCC[C@H](NC(=O)OC(C)(C)C)C(=O)O[C@@H](C)[C@@H]1Oc1ccccc1.C[C@@H]1OC(=O)[C@@H](NC(=O)OC(C)(C)C)CCC[C@H](CC[Se]c2ccccc2[N+](=O)[O-])[C@H]1Oc1ccccc1. The number of alkyl carbamates (subject to hydrolysis) is 2. The van der Waals surface area contributed by atoms with Crippen LogP contribution in [-0.4, -0.2) is 91.7 Å². The summed E-state index contributed by atoms with van der Waals surface area (Å²) in [7, 11) is 0. The van der Waals surface area contributed by atoms with Gasteiger partial charge in [0, 0.05) is 5.92 Å². The molecule has 0 radical (unpaired) electrons. The molecule has 2 N–H and O–H groups in total. The number of hydrogen-bond donors (Lipinski definition) is 2. The first-order valence-corrected chi connectivity index (χ1v) is 24.6. The van der Waals surface area contributed by atoms with Gasteiger partial charge in [-0.05, 0) is 52.7 Å². The van der Waals surface area contributed by atoms with E-state index in [2.05, 4.69) is 17.2 Å². The molecular weight excluding hydrogens is 914 g/mol. The maximum absolute atomic E-state index is 13.0.